The second kappa shape index (κ2) is 2.45. The fraction of sp³-hybridized carbons (Fsp3) is 0.143. The molecule has 0 atom stereocenters. The highest BCUT2D eigenvalue weighted by molar-refractivity contribution is 9.10. The van der Waals surface area contributed by atoms with Gasteiger partial charge in [0.05, 0.1) is 22.6 Å². The highest BCUT2D eigenvalue weighted by atomic mass is 79.9. The zero-order valence-corrected chi connectivity index (χ0v) is 8.04. The van der Waals surface area contributed by atoms with Crippen molar-refractivity contribution in [1.29, 1.82) is 0 Å². The predicted octanol–water partition coefficient (Wildman–Crippen LogP) is 1.31. The topological polar surface area (TPSA) is 56.7 Å². The molecule has 0 unspecified atom stereocenters. The lowest BCUT2D eigenvalue weighted by Gasteiger charge is -1.95. The fourth-order valence-corrected chi connectivity index (χ4v) is 1.44. The molecule has 2 rings (SSSR count). The first-order valence-corrected chi connectivity index (χ1v) is 4.21. The van der Waals surface area contributed by atoms with E-state index in [0.29, 0.717) is 5.69 Å². The molecule has 0 aliphatic heterocycles. The van der Waals surface area contributed by atoms with E-state index in [2.05, 4.69) is 26.0 Å². The molecule has 2 aromatic heterocycles. The largest absolute Gasteiger partial charge is 0.396 e. The van der Waals surface area contributed by atoms with Crippen LogP contribution in [0, 0.1) is 0 Å². The van der Waals surface area contributed by atoms with Gasteiger partial charge in [-0.15, -0.1) is 0 Å². The van der Waals surface area contributed by atoms with Gasteiger partial charge in [0.1, 0.15) is 11.0 Å². The summed E-state index contributed by atoms with van der Waals surface area (Å²) < 4.78 is 2.52. The molecule has 2 N–H and O–H groups in total. The maximum absolute atomic E-state index is 5.64. The summed E-state index contributed by atoms with van der Waals surface area (Å²) >= 11 is 3.35. The molecule has 0 aromatic carbocycles. The lowest BCUT2D eigenvalue weighted by Crippen LogP contribution is -1.89. The Morgan fingerprint density at radius 3 is 3.08 bits per heavy atom. The van der Waals surface area contributed by atoms with E-state index in [9.17, 15) is 0 Å². The number of nitrogens with two attached hydrogens (primary N) is 1. The predicted molar refractivity (Wildman–Crippen MR) is 50.6 cm³/mol. The van der Waals surface area contributed by atoms with E-state index < -0.39 is 0 Å². The quantitative estimate of drug-likeness (QED) is 0.738. The van der Waals surface area contributed by atoms with Crippen molar-refractivity contribution in [2.45, 2.75) is 0 Å². The van der Waals surface area contributed by atoms with Crippen LogP contribution in [0.1, 0.15) is 0 Å². The number of nitrogen functional groups attached to an aromatic ring is 1. The Morgan fingerprint density at radius 2 is 2.33 bits per heavy atom. The van der Waals surface area contributed by atoms with Gasteiger partial charge >= 0.3 is 0 Å². The molecule has 0 bridgehead atoms. The monoisotopic (exact) mass is 226 g/mol. The summed E-state index contributed by atoms with van der Waals surface area (Å²) in [6.45, 7) is 0. The van der Waals surface area contributed by atoms with Gasteiger partial charge in [-0.25, -0.2) is 0 Å². The molecule has 2 aromatic rings. The number of rotatable bonds is 0. The first kappa shape index (κ1) is 7.54. The van der Waals surface area contributed by atoms with Gasteiger partial charge in [0, 0.05) is 7.05 Å². The number of fused-ring (bicyclic) bond motifs is 1. The van der Waals surface area contributed by atoms with Gasteiger partial charge in [0.25, 0.3) is 0 Å². The fourth-order valence-electron chi connectivity index (χ4n) is 1.06. The van der Waals surface area contributed by atoms with Gasteiger partial charge in [-0.3, -0.25) is 9.67 Å². The van der Waals surface area contributed by atoms with Gasteiger partial charge in [-0.05, 0) is 15.9 Å². The molecular formula is C7H7BrN4. The summed E-state index contributed by atoms with van der Waals surface area (Å²) in [5.74, 6) is 0. The maximum Gasteiger partial charge on any atom is 0.127 e. The Hall–Kier alpha value is -1.10. The van der Waals surface area contributed by atoms with Crippen molar-refractivity contribution in [2.75, 3.05) is 5.73 Å². The van der Waals surface area contributed by atoms with E-state index in [0.717, 1.165) is 15.5 Å². The highest BCUT2D eigenvalue weighted by Gasteiger charge is 2.06. The molecule has 0 aliphatic carbocycles. The number of aromatic nitrogens is 3. The third kappa shape index (κ3) is 0.972. The number of hydrogen-bond acceptors (Lipinski definition) is 3. The minimum Gasteiger partial charge on any atom is -0.396 e. The van der Waals surface area contributed by atoms with Crippen LogP contribution >= 0.6 is 15.9 Å². The molecule has 0 saturated carbocycles. The third-order valence-electron chi connectivity index (χ3n) is 1.61. The molecule has 4 nitrogen and oxygen atoms in total. The number of aryl methyl sites for hydroxylation is 1. The number of nitrogens with zero attached hydrogens (tertiary/aromatic N) is 3. The first-order valence-electron chi connectivity index (χ1n) is 3.42. The summed E-state index contributed by atoms with van der Waals surface area (Å²) in [5.41, 5.74) is 7.90. The average Bonchev–Trinajstić information content (AvgIpc) is 2.39. The highest BCUT2D eigenvalue weighted by Crippen LogP contribution is 2.25. The Labute approximate surface area is 77.5 Å². The molecule has 0 radical (unpaired) electrons. The maximum atomic E-state index is 5.64. The number of anilines is 1. The van der Waals surface area contributed by atoms with Crippen molar-refractivity contribution >= 4 is 32.7 Å². The van der Waals surface area contributed by atoms with Crippen molar-refractivity contribution < 1.29 is 0 Å². The third-order valence-corrected chi connectivity index (χ3v) is 2.45. The Balaban J connectivity index is 2.89. The Morgan fingerprint density at radius 1 is 1.58 bits per heavy atom. The minimum absolute atomic E-state index is 0.612. The molecule has 5 heteroatoms. The van der Waals surface area contributed by atoms with Crippen LogP contribution in [-0.2, 0) is 7.05 Å². The van der Waals surface area contributed by atoms with Crippen LogP contribution in [0.4, 0.5) is 5.69 Å². The van der Waals surface area contributed by atoms with Crippen molar-refractivity contribution in [3.05, 3.63) is 16.9 Å². The molecule has 0 spiro atoms. The first-order chi connectivity index (χ1) is 5.68. The molecule has 0 amide bonds. The summed E-state index contributed by atoms with van der Waals surface area (Å²) in [5, 5.41) is 4.20. The number of pyridine rings is 1. The van der Waals surface area contributed by atoms with E-state index in [1.807, 2.05) is 13.2 Å². The number of halogens is 1. The molecule has 62 valence electrons. The van der Waals surface area contributed by atoms with Crippen LogP contribution in [0.25, 0.3) is 11.0 Å². The van der Waals surface area contributed by atoms with Crippen LogP contribution in [0.2, 0.25) is 0 Å². The lowest BCUT2D eigenvalue weighted by atomic mass is 10.3. The summed E-state index contributed by atoms with van der Waals surface area (Å²) in [7, 11) is 1.85. The van der Waals surface area contributed by atoms with Crippen LogP contribution in [0.15, 0.2) is 16.9 Å². The molecule has 0 aliphatic rings. The van der Waals surface area contributed by atoms with Gasteiger partial charge in [0.15, 0.2) is 0 Å². The van der Waals surface area contributed by atoms with Crippen LogP contribution in [-0.4, -0.2) is 14.8 Å². The van der Waals surface area contributed by atoms with Crippen LogP contribution in [0.3, 0.4) is 0 Å². The second-order valence-electron chi connectivity index (χ2n) is 2.56. The average molecular weight is 227 g/mol. The number of hydrogen-bond donors (Lipinski definition) is 1. The summed E-state index contributed by atoms with van der Waals surface area (Å²) in [6.07, 6.45) is 3.47. The normalized spacial score (nSPS) is 10.8. The lowest BCUT2D eigenvalue weighted by molar-refractivity contribution is 0.779. The van der Waals surface area contributed by atoms with E-state index in [1.165, 1.54) is 0 Å². The molecule has 12 heavy (non-hydrogen) atoms. The van der Waals surface area contributed by atoms with Crippen LogP contribution in [0.5, 0.6) is 0 Å². The van der Waals surface area contributed by atoms with Gasteiger partial charge in [0.2, 0.25) is 0 Å². The van der Waals surface area contributed by atoms with E-state index in [-0.39, 0.29) is 0 Å². The van der Waals surface area contributed by atoms with Gasteiger partial charge < -0.3 is 5.73 Å². The zero-order valence-electron chi connectivity index (χ0n) is 6.45. The second-order valence-corrected chi connectivity index (χ2v) is 3.36. The standard InChI is InChI=1S/C7H7BrN4/c1-12-3-5-7(11-12)6(8)4(9)2-10-5/h2-3H,9H2,1H3. The zero-order chi connectivity index (χ0) is 8.72. The van der Waals surface area contributed by atoms with E-state index >= 15 is 0 Å². The van der Waals surface area contributed by atoms with E-state index in [1.54, 1.807) is 10.9 Å². The molecular weight excluding hydrogens is 220 g/mol. The minimum atomic E-state index is 0.612. The van der Waals surface area contributed by atoms with Crippen LogP contribution < -0.4 is 5.73 Å². The summed E-state index contributed by atoms with van der Waals surface area (Å²) in [6, 6.07) is 0. The van der Waals surface area contributed by atoms with Crippen molar-refractivity contribution in [3.8, 4) is 0 Å². The smallest absolute Gasteiger partial charge is 0.127 e. The molecule has 0 saturated heterocycles. The van der Waals surface area contributed by atoms with Crippen molar-refractivity contribution in [1.82, 2.24) is 14.8 Å². The van der Waals surface area contributed by atoms with Gasteiger partial charge in [-0.2, -0.15) is 5.10 Å². The summed E-state index contributed by atoms with van der Waals surface area (Å²) in [4.78, 5) is 4.12. The van der Waals surface area contributed by atoms with Gasteiger partial charge in [-0.1, -0.05) is 0 Å². The Kier molecular flexibility index (Phi) is 1.54. The van der Waals surface area contributed by atoms with E-state index in [4.69, 9.17) is 5.73 Å². The molecule has 0 fully saturated rings. The Bertz CT molecular complexity index is 434. The van der Waals surface area contributed by atoms with Crippen molar-refractivity contribution in [2.24, 2.45) is 7.05 Å². The van der Waals surface area contributed by atoms with Crippen molar-refractivity contribution in [3.63, 3.8) is 0 Å². The molecule has 2 heterocycles. The SMILES string of the molecule is Cn1cc2ncc(N)c(Br)c2n1.